The van der Waals surface area contributed by atoms with Crippen molar-refractivity contribution in [2.75, 3.05) is 31.6 Å². The first-order valence-corrected chi connectivity index (χ1v) is 17.6. The SMILES string of the molecule is C1COC1.NC=O.[CH2-]n1c(CN2CC=C(c3cccc(OCc4ccc(Cl)cc4F)n3)CC2)nc2ccc(-c3ccc4c(c3)C3(CC3)C(=O)N4)cc21.[CH3-].[Cs+]. The molecule has 1 aliphatic carbocycles. The molecule has 13 heteroatoms. The maximum atomic E-state index is 14.1. The molecule has 3 aliphatic heterocycles. The van der Waals surface area contributed by atoms with Crippen LogP contribution in [0.4, 0.5) is 10.1 Å². The fraction of sp³-hybridized carbons (Fsp3) is 0.268. The number of anilines is 1. The molecule has 9 rings (SSSR count). The number of hydrogen-bond acceptors (Lipinski definition) is 7. The Kier molecular flexibility index (Phi) is 14.5. The van der Waals surface area contributed by atoms with Gasteiger partial charge >= 0.3 is 68.9 Å². The maximum Gasteiger partial charge on any atom is 1.00 e. The third kappa shape index (κ3) is 9.26. The van der Waals surface area contributed by atoms with E-state index in [-0.39, 0.29) is 101 Å². The van der Waals surface area contributed by atoms with E-state index in [4.69, 9.17) is 30.9 Å². The molecule has 3 aromatic carbocycles. The molecule has 1 saturated heterocycles. The second-order valence-corrected chi connectivity index (χ2v) is 13.6. The second kappa shape index (κ2) is 18.6. The Morgan fingerprint density at radius 1 is 1.06 bits per heavy atom. The van der Waals surface area contributed by atoms with Gasteiger partial charge in [-0.15, -0.1) is 7.05 Å². The standard InChI is InChI=1S/C36H30ClFN5O2.C3H6O.CH3NO.CH3.Cs/c1-42-32-18-24(23-6-9-30-27(17-23)36(13-14-36)35(44)41-30)7-10-31(32)39-33(42)20-43-15-11-22(12-16-43)29-3-2-4-34(40-29)45-21-25-5-8-26(37)19-28(25)38;1-2-4-3-1;2-1-3;;/h2-11,17-19H,1,12-16,20-21H2,(H,41,44);1-3H2;1H,(H2,2,3);1H3;/q-1;;;-1;+1. The van der Waals surface area contributed by atoms with E-state index >= 15 is 0 Å². The van der Waals surface area contributed by atoms with Crippen LogP contribution in [0.2, 0.25) is 5.02 Å². The fourth-order valence-electron chi connectivity index (χ4n) is 6.58. The number of rotatable bonds is 7. The van der Waals surface area contributed by atoms with E-state index in [1.165, 1.54) is 12.5 Å². The van der Waals surface area contributed by atoms with Crippen LogP contribution in [-0.2, 0) is 32.9 Å². The first-order chi connectivity index (χ1) is 25.3. The summed E-state index contributed by atoms with van der Waals surface area (Å²) in [5.74, 6) is 1.09. The van der Waals surface area contributed by atoms with E-state index < -0.39 is 5.82 Å². The number of hydrogen-bond donors (Lipinski definition) is 2. The topological polar surface area (TPSA) is 125 Å². The smallest absolute Gasteiger partial charge is 0.473 e. The quantitative estimate of drug-likeness (QED) is 0.184. The summed E-state index contributed by atoms with van der Waals surface area (Å²) in [6, 6.07) is 22.8. The average molecular weight is 870 g/mol. The number of nitrogens with zero attached hydrogens (tertiary/aromatic N) is 4. The van der Waals surface area contributed by atoms with Crippen LogP contribution in [0.3, 0.4) is 0 Å². The van der Waals surface area contributed by atoms with E-state index in [1.54, 1.807) is 18.2 Å². The molecule has 2 aromatic heterocycles. The Hall–Kier alpha value is -3.18. The zero-order valence-electron chi connectivity index (χ0n) is 30.6. The van der Waals surface area contributed by atoms with Gasteiger partial charge in [0.2, 0.25) is 18.2 Å². The molecule has 4 aliphatic rings. The van der Waals surface area contributed by atoms with Gasteiger partial charge in [0.05, 0.1) is 11.1 Å². The van der Waals surface area contributed by atoms with Crippen molar-refractivity contribution in [1.29, 1.82) is 0 Å². The molecule has 0 bridgehead atoms. The predicted octanol–water partition coefficient (Wildman–Crippen LogP) is 4.34. The molecule has 0 unspecified atom stereocenters. The Morgan fingerprint density at radius 3 is 2.44 bits per heavy atom. The van der Waals surface area contributed by atoms with E-state index in [2.05, 4.69) is 64.4 Å². The number of primary amides is 1. The average Bonchev–Trinajstić information content (AvgIpc) is 3.81. The number of amides is 2. The van der Waals surface area contributed by atoms with Gasteiger partial charge in [-0.25, -0.2) is 9.37 Å². The Balaban J connectivity index is 0.000000570. The minimum Gasteiger partial charge on any atom is -0.473 e. The first kappa shape index (κ1) is 42.0. The van der Waals surface area contributed by atoms with E-state index in [0.29, 0.717) is 23.0 Å². The van der Waals surface area contributed by atoms with E-state index in [0.717, 1.165) is 96.1 Å². The number of carbonyl (C=O) groups is 2. The van der Waals surface area contributed by atoms with E-state index in [1.807, 2.05) is 22.8 Å². The molecular formula is C41H42ClCsFN6O4-. The van der Waals surface area contributed by atoms with Crippen molar-refractivity contribution in [2.24, 2.45) is 5.73 Å². The Labute approximate surface area is 379 Å². The molecule has 276 valence electrons. The number of aromatic nitrogens is 3. The summed E-state index contributed by atoms with van der Waals surface area (Å²) in [5.41, 5.74) is 12.4. The van der Waals surface area contributed by atoms with Crippen molar-refractivity contribution < 1.29 is 92.3 Å². The largest absolute Gasteiger partial charge is 1.00 e. The zero-order valence-corrected chi connectivity index (χ0v) is 37.7. The van der Waals surface area contributed by atoms with Gasteiger partial charge in [0, 0.05) is 66.5 Å². The minimum atomic E-state index is -0.396. The van der Waals surface area contributed by atoms with E-state index in [9.17, 15) is 9.18 Å². The van der Waals surface area contributed by atoms with Gasteiger partial charge in [-0.3, -0.25) is 9.59 Å². The number of carbonyl (C=O) groups excluding carboxylic acids is 2. The number of imidazole rings is 1. The van der Waals surface area contributed by atoms with Crippen molar-refractivity contribution in [3.63, 3.8) is 0 Å². The maximum absolute atomic E-state index is 14.1. The van der Waals surface area contributed by atoms with Crippen molar-refractivity contribution in [3.8, 4) is 17.0 Å². The molecule has 1 saturated carbocycles. The summed E-state index contributed by atoms with van der Waals surface area (Å²) in [7, 11) is 4.33. The van der Waals surface area contributed by atoms with Crippen LogP contribution in [0.15, 0.2) is 78.9 Å². The molecule has 2 amide bonds. The van der Waals surface area contributed by atoms with Gasteiger partial charge < -0.3 is 42.4 Å². The van der Waals surface area contributed by atoms with Crippen molar-refractivity contribution in [2.45, 2.75) is 44.2 Å². The number of pyridine rings is 1. The number of fused-ring (bicyclic) bond motifs is 3. The van der Waals surface area contributed by atoms with Crippen molar-refractivity contribution >= 4 is 46.2 Å². The van der Waals surface area contributed by atoms with Crippen LogP contribution in [0.25, 0.3) is 27.7 Å². The third-order valence-electron chi connectivity index (χ3n) is 9.81. The Bertz CT molecular complexity index is 2160. The molecule has 10 nitrogen and oxygen atoms in total. The number of nitrogens with one attached hydrogen (secondary N) is 1. The monoisotopic (exact) mass is 869 g/mol. The summed E-state index contributed by atoms with van der Waals surface area (Å²) in [6.45, 7) is 4.37. The molecule has 3 N–H and O–H groups in total. The normalized spacial score (nSPS) is 16.1. The molecular weight excluding hydrogens is 828 g/mol. The number of nitrogens with two attached hydrogens (primary N) is 1. The van der Waals surface area contributed by atoms with Crippen LogP contribution >= 0.6 is 11.6 Å². The Morgan fingerprint density at radius 2 is 1.78 bits per heavy atom. The zero-order chi connectivity index (χ0) is 36.2. The van der Waals surface area contributed by atoms with Gasteiger partial charge in [0.1, 0.15) is 12.4 Å². The molecule has 54 heavy (non-hydrogen) atoms. The fourth-order valence-corrected chi connectivity index (χ4v) is 6.74. The van der Waals surface area contributed by atoms with Crippen LogP contribution < -0.4 is 84.7 Å². The van der Waals surface area contributed by atoms with Crippen LogP contribution in [-0.4, -0.2) is 58.1 Å². The van der Waals surface area contributed by atoms with Gasteiger partial charge in [-0.1, -0.05) is 48.0 Å². The summed E-state index contributed by atoms with van der Waals surface area (Å²) in [4.78, 5) is 33.0. The number of halogens is 2. The molecule has 2 fully saturated rings. The minimum absolute atomic E-state index is 0. The van der Waals surface area contributed by atoms with Crippen LogP contribution in [0, 0.1) is 20.3 Å². The molecule has 1 spiro atoms. The van der Waals surface area contributed by atoms with Crippen LogP contribution in [0.1, 0.15) is 48.3 Å². The van der Waals surface area contributed by atoms with Crippen molar-refractivity contribution in [3.05, 3.63) is 127 Å². The third-order valence-corrected chi connectivity index (χ3v) is 10.0. The first-order valence-electron chi connectivity index (χ1n) is 17.3. The van der Waals surface area contributed by atoms with Gasteiger partial charge in [0.15, 0.2) is 0 Å². The molecule has 5 aromatic rings. The van der Waals surface area contributed by atoms with Gasteiger partial charge in [-0.05, 0) is 89.9 Å². The summed E-state index contributed by atoms with van der Waals surface area (Å²) >= 11 is 5.86. The van der Waals surface area contributed by atoms with Crippen LogP contribution in [0.5, 0.6) is 5.88 Å². The molecule has 5 heterocycles. The summed E-state index contributed by atoms with van der Waals surface area (Å²) < 4.78 is 26.6. The van der Waals surface area contributed by atoms with Gasteiger partial charge in [-0.2, -0.15) is 0 Å². The molecule has 0 atom stereocenters. The predicted molar refractivity (Wildman–Crippen MR) is 205 cm³/mol. The summed E-state index contributed by atoms with van der Waals surface area (Å²) in [6.07, 6.45) is 6.40. The number of benzene rings is 3. The molecule has 0 radical (unpaired) electrons. The van der Waals surface area contributed by atoms with Gasteiger partial charge in [0.25, 0.3) is 0 Å². The number of ether oxygens (including phenoxy) is 2. The summed E-state index contributed by atoms with van der Waals surface area (Å²) in [5, 5.41) is 3.40. The van der Waals surface area contributed by atoms with Crippen molar-refractivity contribution in [1.82, 2.24) is 19.4 Å². The second-order valence-electron chi connectivity index (χ2n) is 13.2.